The Bertz CT molecular complexity index is 247. The summed E-state index contributed by atoms with van der Waals surface area (Å²) in [6.07, 6.45) is -3.87. The molecule has 0 bridgehead atoms. The van der Waals surface area contributed by atoms with Crippen LogP contribution in [0.3, 0.4) is 0 Å². The first-order valence-electron chi connectivity index (χ1n) is 5.41. The van der Waals surface area contributed by atoms with E-state index in [1.165, 1.54) is 4.90 Å². The average Bonchev–Trinajstić information content (AvgIpc) is 2.26. The van der Waals surface area contributed by atoms with Gasteiger partial charge < -0.3 is 10.2 Å². The van der Waals surface area contributed by atoms with Gasteiger partial charge in [-0.3, -0.25) is 4.79 Å². The lowest BCUT2D eigenvalue weighted by molar-refractivity contribution is -0.180. The van der Waals surface area contributed by atoms with E-state index in [1.54, 1.807) is 7.05 Å². The van der Waals surface area contributed by atoms with Crippen LogP contribution < -0.4 is 5.32 Å². The number of likely N-dealkylation sites (N-methyl/N-ethyl adjacent to an activating group) is 1. The maximum Gasteiger partial charge on any atom is 0.393 e. The number of rotatable bonds is 2. The Kier molecular flexibility index (Phi) is 4.18. The molecular formula is C10H17F3N2O. The maximum atomic E-state index is 12.4. The van der Waals surface area contributed by atoms with Crippen LogP contribution in [-0.2, 0) is 4.79 Å². The second-order valence-corrected chi connectivity index (χ2v) is 4.13. The zero-order chi connectivity index (χ0) is 12.3. The van der Waals surface area contributed by atoms with E-state index in [-0.39, 0.29) is 25.3 Å². The monoisotopic (exact) mass is 238 g/mol. The van der Waals surface area contributed by atoms with Crippen molar-refractivity contribution >= 4 is 5.91 Å². The van der Waals surface area contributed by atoms with Crippen molar-refractivity contribution < 1.29 is 18.0 Å². The third-order valence-electron chi connectivity index (χ3n) is 3.03. The van der Waals surface area contributed by atoms with Gasteiger partial charge in [-0.25, -0.2) is 0 Å². The summed E-state index contributed by atoms with van der Waals surface area (Å²) < 4.78 is 37.1. The number of hydrogen-bond donors (Lipinski definition) is 1. The molecule has 3 nitrogen and oxygen atoms in total. The second kappa shape index (κ2) is 5.03. The maximum absolute atomic E-state index is 12.4. The number of halogens is 3. The molecule has 2 atom stereocenters. The number of nitrogens with one attached hydrogen (secondary N) is 1. The summed E-state index contributed by atoms with van der Waals surface area (Å²) in [6, 6.07) is -0.455. The van der Waals surface area contributed by atoms with E-state index in [2.05, 4.69) is 5.32 Å². The van der Waals surface area contributed by atoms with Crippen molar-refractivity contribution in [3.63, 3.8) is 0 Å². The lowest BCUT2D eigenvalue weighted by Crippen LogP contribution is -2.51. The first kappa shape index (κ1) is 13.3. The summed E-state index contributed by atoms with van der Waals surface area (Å²) in [5.74, 6) is -1.44. The van der Waals surface area contributed by atoms with Crippen molar-refractivity contribution in [1.82, 2.24) is 10.2 Å². The molecule has 1 rings (SSSR count). The predicted octanol–water partition coefficient (Wildman–Crippen LogP) is 1.40. The van der Waals surface area contributed by atoms with E-state index in [0.29, 0.717) is 6.54 Å². The van der Waals surface area contributed by atoms with Crippen LogP contribution in [0.2, 0.25) is 0 Å². The Hall–Kier alpha value is -0.780. The Morgan fingerprint density at radius 1 is 1.44 bits per heavy atom. The van der Waals surface area contributed by atoms with Gasteiger partial charge in [0.2, 0.25) is 5.91 Å². The first-order chi connectivity index (χ1) is 7.36. The molecule has 0 spiro atoms. The summed E-state index contributed by atoms with van der Waals surface area (Å²) in [6.45, 7) is 2.25. The molecule has 1 N–H and O–H groups in total. The van der Waals surface area contributed by atoms with Crippen molar-refractivity contribution in [3.05, 3.63) is 0 Å². The van der Waals surface area contributed by atoms with E-state index in [9.17, 15) is 18.0 Å². The molecule has 2 unspecified atom stereocenters. The molecule has 1 aliphatic rings. The van der Waals surface area contributed by atoms with Crippen molar-refractivity contribution in [2.75, 3.05) is 20.1 Å². The molecule has 94 valence electrons. The molecule has 0 aliphatic carbocycles. The number of hydrogen-bond acceptors (Lipinski definition) is 2. The zero-order valence-corrected chi connectivity index (χ0v) is 9.47. The fourth-order valence-corrected chi connectivity index (χ4v) is 1.77. The molecule has 6 heteroatoms. The number of amides is 1. The standard InChI is InChI=1S/C10H17F3N2O/c1-3-15(2)9(16)8-5-4-7(6-14-8)10(11,12)13/h7-8,14H,3-6H2,1-2H3. The molecule has 1 saturated heterocycles. The molecule has 16 heavy (non-hydrogen) atoms. The van der Waals surface area contributed by atoms with Crippen LogP contribution in [0.4, 0.5) is 13.2 Å². The van der Waals surface area contributed by atoms with Crippen molar-refractivity contribution in [2.24, 2.45) is 5.92 Å². The average molecular weight is 238 g/mol. The molecule has 0 radical (unpaired) electrons. The summed E-state index contributed by atoms with van der Waals surface area (Å²) in [5, 5.41) is 2.68. The zero-order valence-electron chi connectivity index (χ0n) is 9.47. The predicted molar refractivity (Wildman–Crippen MR) is 53.9 cm³/mol. The van der Waals surface area contributed by atoms with Crippen LogP contribution in [0.25, 0.3) is 0 Å². The SMILES string of the molecule is CCN(C)C(=O)C1CCC(C(F)(F)F)CN1. The molecule has 0 aromatic rings. The van der Waals surface area contributed by atoms with E-state index in [4.69, 9.17) is 0 Å². The third kappa shape index (κ3) is 3.10. The number of carbonyl (C=O) groups is 1. The van der Waals surface area contributed by atoms with Crippen LogP contribution >= 0.6 is 0 Å². The number of piperidine rings is 1. The highest BCUT2D eigenvalue weighted by molar-refractivity contribution is 5.81. The largest absolute Gasteiger partial charge is 0.393 e. The van der Waals surface area contributed by atoms with Gasteiger partial charge in [-0.1, -0.05) is 0 Å². The Balaban J connectivity index is 2.46. The minimum atomic E-state index is -4.16. The summed E-state index contributed by atoms with van der Waals surface area (Å²) in [5.41, 5.74) is 0. The van der Waals surface area contributed by atoms with Crippen molar-refractivity contribution in [3.8, 4) is 0 Å². The third-order valence-corrected chi connectivity index (χ3v) is 3.03. The Morgan fingerprint density at radius 3 is 2.44 bits per heavy atom. The lowest BCUT2D eigenvalue weighted by atomic mass is 9.93. The van der Waals surface area contributed by atoms with Gasteiger partial charge in [0.1, 0.15) is 0 Å². The van der Waals surface area contributed by atoms with Gasteiger partial charge in [0, 0.05) is 20.1 Å². The molecular weight excluding hydrogens is 221 g/mol. The van der Waals surface area contributed by atoms with E-state index in [0.717, 1.165) is 0 Å². The smallest absolute Gasteiger partial charge is 0.345 e. The summed E-state index contributed by atoms with van der Waals surface area (Å²) in [4.78, 5) is 13.2. The normalized spacial score (nSPS) is 26.6. The van der Waals surface area contributed by atoms with Gasteiger partial charge in [-0.2, -0.15) is 13.2 Å². The second-order valence-electron chi connectivity index (χ2n) is 4.13. The molecule has 0 aromatic heterocycles. The first-order valence-corrected chi connectivity index (χ1v) is 5.41. The van der Waals surface area contributed by atoms with Gasteiger partial charge >= 0.3 is 6.18 Å². The van der Waals surface area contributed by atoms with Gasteiger partial charge in [0.15, 0.2) is 0 Å². The van der Waals surface area contributed by atoms with Gasteiger partial charge in [-0.05, 0) is 19.8 Å². The lowest BCUT2D eigenvalue weighted by Gasteiger charge is -2.32. The number of alkyl halides is 3. The van der Waals surface area contributed by atoms with Crippen molar-refractivity contribution in [2.45, 2.75) is 32.0 Å². The molecule has 1 amide bonds. The quantitative estimate of drug-likeness (QED) is 0.788. The number of carbonyl (C=O) groups excluding carboxylic acids is 1. The van der Waals surface area contributed by atoms with Crippen LogP contribution in [-0.4, -0.2) is 43.2 Å². The van der Waals surface area contributed by atoms with Crippen molar-refractivity contribution in [1.29, 1.82) is 0 Å². The fraction of sp³-hybridized carbons (Fsp3) is 0.900. The molecule has 0 aromatic carbocycles. The Labute approximate surface area is 93.0 Å². The topological polar surface area (TPSA) is 32.3 Å². The highest BCUT2D eigenvalue weighted by atomic mass is 19.4. The molecule has 1 heterocycles. The van der Waals surface area contributed by atoms with Crippen LogP contribution in [0.1, 0.15) is 19.8 Å². The minimum absolute atomic E-state index is 0.0322. The summed E-state index contributed by atoms with van der Waals surface area (Å²) >= 11 is 0. The van der Waals surface area contributed by atoms with Crippen LogP contribution in [0.5, 0.6) is 0 Å². The molecule has 1 aliphatic heterocycles. The highest BCUT2D eigenvalue weighted by Gasteiger charge is 2.42. The van der Waals surface area contributed by atoms with E-state index >= 15 is 0 Å². The highest BCUT2D eigenvalue weighted by Crippen LogP contribution is 2.32. The molecule has 0 saturated carbocycles. The van der Waals surface area contributed by atoms with Crippen LogP contribution in [0, 0.1) is 5.92 Å². The van der Waals surface area contributed by atoms with Gasteiger partial charge in [-0.15, -0.1) is 0 Å². The van der Waals surface area contributed by atoms with Gasteiger partial charge in [0.25, 0.3) is 0 Å². The van der Waals surface area contributed by atoms with E-state index in [1.807, 2.05) is 6.92 Å². The van der Waals surface area contributed by atoms with E-state index < -0.39 is 18.1 Å². The number of nitrogens with zero attached hydrogens (tertiary/aromatic N) is 1. The summed E-state index contributed by atoms with van der Waals surface area (Å²) in [7, 11) is 1.65. The Morgan fingerprint density at radius 2 is 2.06 bits per heavy atom. The fourth-order valence-electron chi connectivity index (χ4n) is 1.77. The molecule has 1 fully saturated rings. The van der Waals surface area contributed by atoms with Crippen LogP contribution in [0.15, 0.2) is 0 Å². The van der Waals surface area contributed by atoms with Gasteiger partial charge in [0.05, 0.1) is 12.0 Å². The minimum Gasteiger partial charge on any atom is -0.345 e.